The standard InChI is InChI=1S/C20H16Cl2O4/c1-10-4-6-13(7-5-10)18-20(25-12(3)11(2)23)17(24)15-8-14(21)9-16(22)19(15)26-18/h4-9,12H,1-3H3/t12-/m1/s1. The molecule has 0 fully saturated rings. The Bertz CT molecular complexity index is 1050. The topological polar surface area (TPSA) is 56.5 Å². The first kappa shape index (κ1) is 18.5. The van der Waals surface area contributed by atoms with E-state index in [-0.39, 0.29) is 33.3 Å². The molecule has 0 saturated carbocycles. The molecule has 0 bridgehead atoms. The van der Waals surface area contributed by atoms with Gasteiger partial charge < -0.3 is 9.15 Å². The van der Waals surface area contributed by atoms with Crippen LogP contribution in [0.15, 0.2) is 45.6 Å². The Morgan fingerprint density at radius 2 is 1.81 bits per heavy atom. The molecule has 3 aromatic rings. The molecule has 1 atom stereocenters. The Hall–Kier alpha value is -2.30. The van der Waals surface area contributed by atoms with Gasteiger partial charge in [0, 0.05) is 10.6 Å². The normalized spacial score (nSPS) is 12.2. The zero-order chi connectivity index (χ0) is 19.0. The predicted octanol–water partition coefficient (Wildman–Crippen LogP) is 5.43. The molecule has 4 nitrogen and oxygen atoms in total. The van der Waals surface area contributed by atoms with Crippen LogP contribution in [0.5, 0.6) is 5.75 Å². The molecule has 26 heavy (non-hydrogen) atoms. The highest BCUT2D eigenvalue weighted by atomic mass is 35.5. The molecule has 0 aliphatic heterocycles. The van der Waals surface area contributed by atoms with Crippen molar-refractivity contribution in [3.63, 3.8) is 0 Å². The summed E-state index contributed by atoms with van der Waals surface area (Å²) in [5.41, 5.74) is 1.49. The Kier molecular flexibility index (Phi) is 5.08. The van der Waals surface area contributed by atoms with Gasteiger partial charge in [-0.25, -0.2) is 0 Å². The van der Waals surface area contributed by atoms with Crippen LogP contribution >= 0.6 is 23.2 Å². The predicted molar refractivity (Wildman–Crippen MR) is 103 cm³/mol. The van der Waals surface area contributed by atoms with E-state index < -0.39 is 11.5 Å². The number of carbonyl (C=O) groups excluding carboxylic acids is 1. The SMILES string of the molecule is CC(=O)[C@@H](C)Oc1c(-c2ccc(C)cc2)oc2c(Cl)cc(Cl)cc2c1=O. The summed E-state index contributed by atoms with van der Waals surface area (Å²) >= 11 is 12.2. The number of hydrogen-bond acceptors (Lipinski definition) is 4. The molecule has 134 valence electrons. The first-order valence-electron chi connectivity index (χ1n) is 7.98. The lowest BCUT2D eigenvalue weighted by Crippen LogP contribution is -2.24. The molecule has 3 rings (SSSR count). The lowest BCUT2D eigenvalue weighted by atomic mass is 10.1. The van der Waals surface area contributed by atoms with Crippen LogP contribution in [0.1, 0.15) is 19.4 Å². The largest absolute Gasteiger partial charge is 0.475 e. The summed E-state index contributed by atoms with van der Waals surface area (Å²) in [7, 11) is 0. The number of fused-ring (bicyclic) bond motifs is 1. The van der Waals surface area contributed by atoms with Crippen molar-refractivity contribution >= 4 is 40.0 Å². The van der Waals surface area contributed by atoms with Gasteiger partial charge in [-0.3, -0.25) is 9.59 Å². The van der Waals surface area contributed by atoms with Crippen molar-refractivity contribution in [1.82, 2.24) is 0 Å². The number of hydrogen-bond donors (Lipinski definition) is 0. The minimum Gasteiger partial charge on any atom is -0.475 e. The van der Waals surface area contributed by atoms with Gasteiger partial charge in [0.1, 0.15) is 0 Å². The summed E-state index contributed by atoms with van der Waals surface area (Å²) in [5, 5.41) is 0.733. The van der Waals surface area contributed by atoms with E-state index in [1.807, 2.05) is 31.2 Å². The first-order valence-corrected chi connectivity index (χ1v) is 8.73. The molecule has 1 aromatic heterocycles. The highest BCUT2D eigenvalue weighted by Gasteiger charge is 2.22. The van der Waals surface area contributed by atoms with Crippen molar-refractivity contribution in [3.05, 3.63) is 62.2 Å². The lowest BCUT2D eigenvalue weighted by Gasteiger charge is -2.15. The minimum atomic E-state index is -0.797. The van der Waals surface area contributed by atoms with Gasteiger partial charge in [0.25, 0.3) is 0 Å². The van der Waals surface area contributed by atoms with E-state index in [1.165, 1.54) is 19.1 Å². The Labute approximate surface area is 160 Å². The molecular formula is C20H16Cl2O4. The van der Waals surface area contributed by atoms with Crippen molar-refractivity contribution in [1.29, 1.82) is 0 Å². The van der Waals surface area contributed by atoms with Crippen LogP contribution in [0.25, 0.3) is 22.3 Å². The molecule has 0 aliphatic carbocycles. The number of rotatable bonds is 4. The molecule has 0 radical (unpaired) electrons. The second kappa shape index (κ2) is 7.14. The van der Waals surface area contributed by atoms with Crippen LogP contribution in [0.4, 0.5) is 0 Å². The van der Waals surface area contributed by atoms with Gasteiger partial charge in [0.15, 0.2) is 23.2 Å². The molecule has 0 spiro atoms. The van der Waals surface area contributed by atoms with Gasteiger partial charge in [0.2, 0.25) is 11.2 Å². The highest BCUT2D eigenvalue weighted by molar-refractivity contribution is 6.38. The second-order valence-electron chi connectivity index (χ2n) is 6.09. The van der Waals surface area contributed by atoms with Crippen molar-refractivity contribution < 1.29 is 13.9 Å². The fraction of sp³-hybridized carbons (Fsp3) is 0.200. The maximum Gasteiger partial charge on any atom is 0.235 e. The summed E-state index contributed by atoms with van der Waals surface area (Å²) < 4.78 is 11.6. The van der Waals surface area contributed by atoms with Crippen molar-refractivity contribution in [2.75, 3.05) is 0 Å². The molecule has 0 N–H and O–H groups in total. The molecule has 0 unspecified atom stereocenters. The van der Waals surface area contributed by atoms with Crippen LogP contribution in [0, 0.1) is 6.92 Å². The van der Waals surface area contributed by atoms with Gasteiger partial charge >= 0.3 is 0 Å². The van der Waals surface area contributed by atoms with Crippen molar-refractivity contribution in [2.45, 2.75) is 26.9 Å². The number of Topliss-reactive ketones (excluding diaryl/α,β-unsaturated/α-hetero) is 1. The third-order valence-corrected chi connectivity index (χ3v) is 4.55. The summed E-state index contributed by atoms with van der Waals surface area (Å²) in [6.45, 7) is 4.93. The van der Waals surface area contributed by atoms with E-state index in [0.29, 0.717) is 10.6 Å². The van der Waals surface area contributed by atoms with E-state index in [2.05, 4.69) is 0 Å². The van der Waals surface area contributed by atoms with E-state index in [9.17, 15) is 9.59 Å². The fourth-order valence-corrected chi connectivity index (χ4v) is 3.00. The van der Waals surface area contributed by atoms with Gasteiger partial charge in [-0.15, -0.1) is 0 Å². The van der Waals surface area contributed by atoms with Gasteiger partial charge in [0.05, 0.1) is 10.4 Å². The quantitative estimate of drug-likeness (QED) is 0.595. The summed E-state index contributed by atoms with van der Waals surface area (Å²) in [5.74, 6) is -0.0225. The number of ether oxygens (including phenoxy) is 1. The maximum atomic E-state index is 13.0. The number of carbonyl (C=O) groups is 1. The molecule has 6 heteroatoms. The van der Waals surface area contributed by atoms with Gasteiger partial charge in [-0.05, 0) is 32.9 Å². The molecule has 1 heterocycles. The van der Waals surface area contributed by atoms with Crippen molar-refractivity contribution in [2.24, 2.45) is 0 Å². The third-order valence-electron chi connectivity index (χ3n) is 4.05. The lowest BCUT2D eigenvalue weighted by molar-refractivity contribution is -0.122. The van der Waals surface area contributed by atoms with E-state index >= 15 is 0 Å². The van der Waals surface area contributed by atoms with Gasteiger partial charge in [-0.2, -0.15) is 0 Å². The van der Waals surface area contributed by atoms with E-state index in [0.717, 1.165) is 5.56 Å². The highest BCUT2D eigenvalue weighted by Crippen LogP contribution is 2.35. The molecule has 0 saturated heterocycles. The average Bonchev–Trinajstić information content (AvgIpc) is 2.58. The second-order valence-corrected chi connectivity index (χ2v) is 6.93. The smallest absolute Gasteiger partial charge is 0.235 e. The number of ketones is 1. The van der Waals surface area contributed by atoms with Gasteiger partial charge in [-0.1, -0.05) is 53.0 Å². The first-order chi connectivity index (χ1) is 12.3. The maximum absolute atomic E-state index is 13.0. The van der Waals surface area contributed by atoms with Crippen LogP contribution in [0.2, 0.25) is 10.0 Å². The summed E-state index contributed by atoms with van der Waals surface area (Å²) in [4.78, 5) is 24.7. The summed E-state index contributed by atoms with van der Waals surface area (Å²) in [6, 6.07) is 10.4. The molecule has 2 aromatic carbocycles. The number of halogens is 2. The summed E-state index contributed by atoms with van der Waals surface area (Å²) in [6.07, 6.45) is -0.797. The van der Waals surface area contributed by atoms with Crippen molar-refractivity contribution in [3.8, 4) is 17.1 Å². The van der Waals surface area contributed by atoms with Crippen LogP contribution in [-0.4, -0.2) is 11.9 Å². The molecule has 0 aliphatic rings. The molecular weight excluding hydrogens is 375 g/mol. The average molecular weight is 391 g/mol. The number of aryl methyl sites for hydroxylation is 1. The molecule has 0 amide bonds. The Balaban J connectivity index is 2.34. The monoisotopic (exact) mass is 390 g/mol. The Morgan fingerprint density at radius 1 is 1.15 bits per heavy atom. The minimum absolute atomic E-state index is 0.0395. The van der Waals surface area contributed by atoms with E-state index in [1.54, 1.807) is 6.92 Å². The fourth-order valence-electron chi connectivity index (χ4n) is 2.47. The van der Waals surface area contributed by atoms with E-state index in [4.69, 9.17) is 32.4 Å². The third kappa shape index (κ3) is 3.48. The van der Waals surface area contributed by atoms with Crippen LogP contribution in [-0.2, 0) is 4.79 Å². The zero-order valence-electron chi connectivity index (χ0n) is 14.4. The number of benzene rings is 2. The Morgan fingerprint density at radius 3 is 2.42 bits per heavy atom. The van der Waals surface area contributed by atoms with Crippen LogP contribution in [0.3, 0.4) is 0 Å². The zero-order valence-corrected chi connectivity index (χ0v) is 15.9. The van der Waals surface area contributed by atoms with Crippen LogP contribution < -0.4 is 10.2 Å².